The molecule has 1 saturated heterocycles. The van der Waals surface area contributed by atoms with Crippen LogP contribution in [0.5, 0.6) is 0 Å². The Morgan fingerprint density at radius 3 is 2.52 bits per heavy atom. The first kappa shape index (κ1) is 19.7. The number of nitrogens with zero attached hydrogens (tertiary/aromatic N) is 4. The first-order valence-electron chi connectivity index (χ1n) is 9.58. The molecule has 146 valence electrons. The molecule has 1 fully saturated rings. The number of amides is 1. The second-order valence-electron chi connectivity index (χ2n) is 7.40. The Bertz CT molecular complexity index is 763. The Kier molecular flexibility index (Phi) is 6.42. The van der Waals surface area contributed by atoms with Crippen molar-refractivity contribution in [2.24, 2.45) is 7.05 Å². The number of benzene rings is 1. The van der Waals surface area contributed by atoms with E-state index in [-0.39, 0.29) is 5.91 Å². The molecule has 2 heterocycles. The topological polar surface area (TPSA) is 63.1 Å². The van der Waals surface area contributed by atoms with Gasteiger partial charge in [0, 0.05) is 24.8 Å². The molecule has 27 heavy (non-hydrogen) atoms. The molecular formula is C20H29N5OS. The summed E-state index contributed by atoms with van der Waals surface area (Å²) in [5.74, 6) is 1.46. The van der Waals surface area contributed by atoms with Gasteiger partial charge in [0.2, 0.25) is 5.91 Å². The molecule has 1 aliphatic rings. The summed E-state index contributed by atoms with van der Waals surface area (Å²) in [4.78, 5) is 14.7. The zero-order valence-corrected chi connectivity index (χ0v) is 17.4. The van der Waals surface area contributed by atoms with Crippen LogP contribution in [0.15, 0.2) is 29.4 Å². The highest BCUT2D eigenvalue weighted by atomic mass is 32.2. The van der Waals surface area contributed by atoms with Crippen LogP contribution in [0.25, 0.3) is 0 Å². The minimum absolute atomic E-state index is 0.196. The molecule has 3 rings (SSSR count). The van der Waals surface area contributed by atoms with Crippen LogP contribution in [0.2, 0.25) is 0 Å². The van der Waals surface area contributed by atoms with Gasteiger partial charge < -0.3 is 14.8 Å². The van der Waals surface area contributed by atoms with Crippen molar-refractivity contribution < 1.29 is 4.79 Å². The van der Waals surface area contributed by atoms with E-state index in [0.717, 1.165) is 29.5 Å². The number of hydrogen-bond acceptors (Lipinski definition) is 5. The summed E-state index contributed by atoms with van der Waals surface area (Å²) >= 11 is 1.47. The molecule has 1 aromatic carbocycles. The van der Waals surface area contributed by atoms with E-state index in [1.54, 1.807) is 0 Å². The van der Waals surface area contributed by atoms with Crippen LogP contribution in [-0.2, 0) is 18.4 Å². The molecular weight excluding hydrogens is 358 g/mol. The van der Waals surface area contributed by atoms with Gasteiger partial charge in [-0.2, -0.15) is 0 Å². The Morgan fingerprint density at radius 2 is 1.85 bits per heavy atom. The van der Waals surface area contributed by atoms with Crippen LogP contribution >= 0.6 is 11.8 Å². The van der Waals surface area contributed by atoms with Crippen molar-refractivity contribution in [1.82, 2.24) is 19.7 Å². The van der Waals surface area contributed by atoms with Gasteiger partial charge in [0.05, 0.1) is 12.3 Å². The van der Waals surface area contributed by atoms with Crippen molar-refractivity contribution in [1.29, 1.82) is 0 Å². The number of aromatic nitrogens is 3. The standard InChI is InChI=1S/C20H29N5OS/c1-14-8-10-17(11-9-14)21-12-18-22-23-20(24(18)4)27-13-19(26)25-15(2)6-5-7-16(25)3/h8-11,15-16,21H,5-7,12-13H2,1-4H3/t15-,16-/m1/s1. The molecule has 0 saturated carbocycles. The quantitative estimate of drug-likeness (QED) is 0.767. The molecule has 1 aromatic heterocycles. The number of carbonyl (C=O) groups excluding carboxylic acids is 1. The van der Waals surface area contributed by atoms with E-state index >= 15 is 0 Å². The lowest BCUT2D eigenvalue weighted by molar-refractivity contribution is -0.134. The van der Waals surface area contributed by atoms with Crippen molar-refractivity contribution in [3.63, 3.8) is 0 Å². The Labute approximate surface area is 165 Å². The molecule has 0 radical (unpaired) electrons. The maximum absolute atomic E-state index is 12.7. The molecule has 6 nitrogen and oxygen atoms in total. The lowest BCUT2D eigenvalue weighted by Gasteiger charge is -2.39. The Morgan fingerprint density at radius 1 is 1.19 bits per heavy atom. The molecule has 2 aromatic rings. The fraction of sp³-hybridized carbons (Fsp3) is 0.550. The number of aryl methyl sites for hydroxylation is 1. The van der Waals surface area contributed by atoms with Crippen LogP contribution in [-0.4, -0.2) is 43.4 Å². The van der Waals surface area contributed by atoms with Gasteiger partial charge in [-0.3, -0.25) is 4.79 Å². The molecule has 0 bridgehead atoms. The average molecular weight is 388 g/mol. The molecule has 0 aliphatic carbocycles. The SMILES string of the molecule is Cc1ccc(NCc2nnc(SCC(=O)N3[C@H](C)CCC[C@H]3C)n2C)cc1. The van der Waals surface area contributed by atoms with E-state index < -0.39 is 0 Å². The predicted molar refractivity (Wildman–Crippen MR) is 110 cm³/mol. The number of nitrogens with one attached hydrogen (secondary N) is 1. The molecule has 0 unspecified atom stereocenters. The van der Waals surface area contributed by atoms with E-state index in [1.807, 2.05) is 16.5 Å². The second kappa shape index (κ2) is 8.78. The number of thioether (sulfide) groups is 1. The van der Waals surface area contributed by atoms with Crippen LogP contribution in [0.4, 0.5) is 5.69 Å². The molecule has 2 atom stereocenters. The average Bonchev–Trinajstić information content (AvgIpc) is 2.99. The molecule has 1 amide bonds. The maximum Gasteiger partial charge on any atom is 0.233 e. The molecule has 0 spiro atoms. The maximum atomic E-state index is 12.7. The third kappa shape index (κ3) is 4.83. The third-order valence-electron chi connectivity index (χ3n) is 5.23. The van der Waals surface area contributed by atoms with Gasteiger partial charge in [-0.05, 0) is 52.2 Å². The fourth-order valence-corrected chi connectivity index (χ4v) is 4.39. The van der Waals surface area contributed by atoms with E-state index in [2.05, 4.69) is 60.6 Å². The second-order valence-corrected chi connectivity index (χ2v) is 8.34. The lowest BCUT2D eigenvalue weighted by atomic mass is 9.98. The summed E-state index contributed by atoms with van der Waals surface area (Å²) in [6.07, 6.45) is 3.40. The highest BCUT2D eigenvalue weighted by molar-refractivity contribution is 7.99. The summed E-state index contributed by atoms with van der Waals surface area (Å²) in [6, 6.07) is 8.93. The minimum Gasteiger partial charge on any atom is -0.378 e. The first-order valence-corrected chi connectivity index (χ1v) is 10.6. The number of anilines is 1. The van der Waals surface area contributed by atoms with E-state index in [1.165, 1.54) is 23.7 Å². The normalized spacial score (nSPS) is 19.9. The van der Waals surface area contributed by atoms with E-state index in [9.17, 15) is 4.79 Å². The number of carbonyl (C=O) groups is 1. The van der Waals surface area contributed by atoms with Crippen molar-refractivity contribution in [2.75, 3.05) is 11.1 Å². The fourth-order valence-electron chi connectivity index (χ4n) is 3.59. The van der Waals surface area contributed by atoms with Gasteiger partial charge in [0.15, 0.2) is 11.0 Å². The number of rotatable bonds is 6. The summed E-state index contributed by atoms with van der Waals surface area (Å²) in [7, 11) is 1.95. The van der Waals surface area contributed by atoms with E-state index in [0.29, 0.717) is 24.4 Å². The van der Waals surface area contributed by atoms with Gasteiger partial charge in [-0.15, -0.1) is 10.2 Å². The number of likely N-dealkylation sites (tertiary alicyclic amines) is 1. The number of hydrogen-bond donors (Lipinski definition) is 1. The van der Waals surface area contributed by atoms with Crippen LogP contribution in [0.3, 0.4) is 0 Å². The summed E-state index contributed by atoms with van der Waals surface area (Å²) < 4.78 is 1.96. The third-order valence-corrected chi connectivity index (χ3v) is 6.24. The summed E-state index contributed by atoms with van der Waals surface area (Å²) in [6.45, 7) is 6.97. The smallest absolute Gasteiger partial charge is 0.233 e. The number of piperidine rings is 1. The predicted octanol–water partition coefficient (Wildman–Crippen LogP) is 3.62. The van der Waals surface area contributed by atoms with Crippen LogP contribution in [0, 0.1) is 6.92 Å². The zero-order chi connectivity index (χ0) is 19.4. The van der Waals surface area contributed by atoms with Gasteiger partial charge in [0.25, 0.3) is 0 Å². The van der Waals surface area contributed by atoms with Crippen molar-refractivity contribution >= 4 is 23.4 Å². The van der Waals surface area contributed by atoms with Gasteiger partial charge in [-0.25, -0.2) is 0 Å². The largest absolute Gasteiger partial charge is 0.378 e. The van der Waals surface area contributed by atoms with Gasteiger partial charge in [0.1, 0.15) is 0 Å². The minimum atomic E-state index is 0.196. The summed E-state index contributed by atoms with van der Waals surface area (Å²) in [5.41, 5.74) is 2.29. The summed E-state index contributed by atoms with van der Waals surface area (Å²) in [5, 5.41) is 12.7. The Balaban J connectivity index is 1.55. The lowest BCUT2D eigenvalue weighted by Crippen LogP contribution is -2.48. The van der Waals surface area contributed by atoms with Gasteiger partial charge >= 0.3 is 0 Å². The zero-order valence-electron chi connectivity index (χ0n) is 16.6. The molecule has 1 N–H and O–H groups in total. The highest BCUT2D eigenvalue weighted by Crippen LogP contribution is 2.25. The molecule has 7 heteroatoms. The Hall–Kier alpha value is -2.02. The highest BCUT2D eigenvalue weighted by Gasteiger charge is 2.29. The van der Waals surface area contributed by atoms with Crippen molar-refractivity contribution in [3.05, 3.63) is 35.7 Å². The van der Waals surface area contributed by atoms with Crippen LogP contribution in [0.1, 0.15) is 44.5 Å². The van der Waals surface area contributed by atoms with Crippen LogP contribution < -0.4 is 5.32 Å². The van der Waals surface area contributed by atoms with Gasteiger partial charge in [-0.1, -0.05) is 29.5 Å². The van der Waals surface area contributed by atoms with Crippen molar-refractivity contribution in [3.8, 4) is 0 Å². The van der Waals surface area contributed by atoms with Crippen molar-refractivity contribution in [2.45, 2.75) is 63.8 Å². The molecule has 1 aliphatic heterocycles. The van der Waals surface area contributed by atoms with E-state index in [4.69, 9.17) is 0 Å². The monoisotopic (exact) mass is 387 g/mol. The first-order chi connectivity index (χ1) is 13.0.